The van der Waals surface area contributed by atoms with Crippen LogP contribution in [0.4, 0.5) is 5.69 Å². The molecule has 1 amide bonds. The average Bonchev–Trinajstić information content (AvgIpc) is 2.39. The van der Waals surface area contributed by atoms with E-state index in [-0.39, 0.29) is 16.3 Å². The molecule has 96 valence electrons. The highest BCUT2D eigenvalue weighted by molar-refractivity contribution is 6.34. The van der Waals surface area contributed by atoms with Crippen LogP contribution >= 0.6 is 11.6 Å². The quantitative estimate of drug-likeness (QED) is 0.896. The molecular formula is C12H8ClN3O3. The molecule has 2 heterocycles. The Labute approximate surface area is 113 Å². The van der Waals surface area contributed by atoms with Gasteiger partial charge in [-0.1, -0.05) is 11.6 Å². The Hall–Kier alpha value is -2.47. The summed E-state index contributed by atoms with van der Waals surface area (Å²) in [6.45, 7) is 0. The molecule has 0 spiro atoms. The van der Waals surface area contributed by atoms with E-state index in [1.165, 1.54) is 36.8 Å². The minimum atomic E-state index is -1.13. The summed E-state index contributed by atoms with van der Waals surface area (Å²) < 4.78 is 0. The van der Waals surface area contributed by atoms with Gasteiger partial charge in [0, 0.05) is 12.4 Å². The number of anilines is 1. The van der Waals surface area contributed by atoms with Crippen LogP contribution in [0.15, 0.2) is 36.8 Å². The Morgan fingerprint density at radius 2 is 2.00 bits per heavy atom. The zero-order chi connectivity index (χ0) is 13.8. The second kappa shape index (κ2) is 5.45. The second-order valence-electron chi connectivity index (χ2n) is 3.55. The summed E-state index contributed by atoms with van der Waals surface area (Å²) in [7, 11) is 0. The average molecular weight is 278 g/mol. The normalized spacial score (nSPS) is 9.95. The molecule has 0 aliphatic rings. The molecule has 0 saturated carbocycles. The van der Waals surface area contributed by atoms with Gasteiger partial charge in [-0.05, 0) is 18.2 Å². The number of rotatable bonds is 3. The summed E-state index contributed by atoms with van der Waals surface area (Å²) in [5.41, 5.74) is 0.557. The van der Waals surface area contributed by atoms with E-state index < -0.39 is 11.9 Å². The van der Waals surface area contributed by atoms with E-state index >= 15 is 0 Å². The van der Waals surface area contributed by atoms with Crippen LogP contribution in [-0.2, 0) is 0 Å². The van der Waals surface area contributed by atoms with Crippen LogP contribution in [0.1, 0.15) is 20.8 Å². The monoisotopic (exact) mass is 277 g/mol. The van der Waals surface area contributed by atoms with Crippen molar-refractivity contribution in [1.29, 1.82) is 0 Å². The molecule has 0 aromatic carbocycles. The summed E-state index contributed by atoms with van der Waals surface area (Å²) in [4.78, 5) is 30.0. The lowest BCUT2D eigenvalue weighted by atomic mass is 10.2. The molecule has 6 nitrogen and oxygen atoms in total. The number of carbonyl (C=O) groups excluding carboxylic acids is 1. The van der Waals surface area contributed by atoms with Gasteiger partial charge in [0.1, 0.15) is 5.69 Å². The van der Waals surface area contributed by atoms with E-state index in [0.29, 0.717) is 5.69 Å². The van der Waals surface area contributed by atoms with Crippen molar-refractivity contribution >= 4 is 29.2 Å². The van der Waals surface area contributed by atoms with Crippen LogP contribution < -0.4 is 5.32 Å². The predicted molar refractivity (Wildman–Crippen MR) is 68.4 cm³/mol. The first-order valence-electron chi connectivity index (χ1n) is 5.18. The maximum absolute atomic E-state index is 11.9. The maximum Gasteiger partial charge on any atom is 0.354 e. The lowest BCUT2D eigenvalue weighted by molar-refractivity contribution is 0.0690. The number of pyridine rings is 2. The molecule has 7 heteroatoms. The summed E-state index contributed by atoms with van der Waals surface area (Å²) in [6.07, 6.45) is 4.07. The minimum Gasteiger partial charge on any atom is -0.477 e. The number of halogens is 1. The Bertz CT molecular complexity index is 628. The number of carboxylic acids is 1. The van der Waals surface area contributed by atoms with Crippen molar-refractivity contribution in [2.75, 3.05) is 5.32 Å². The topological polar surface area (TPSA) is 92.2 Å². The third-order valence-electron chi connectivity index (χ3n) is 2.26. The molecule has 0 unspecified atom stereocenters. The zero-order valence-corrected chi connectivity index (χ0v) is 10.3. The van der Waals surface area contributed by atoms with Gasteiger partial charge in [0.15, 0.2) is 0 Å². The Morgan fingerprint density at radius 3 is 2.58 bits per heavy atom. The first-order chi connectivity index (χ1) is 9.08. The Kier molecular flexibility index (Phi) is 3.72. The van der Waals surface area contributed by atoms with Crippen LogP contribution in [0.5, 0.6) is 0 Å². The lowest BCUT2D eigenvalue weighted by Gasteiger charge is -2.06. The highest BCUT2D eigenvalue weighted by Gasteiger charge is 2.11. The van der Waals surface area contributed by atoms with Gasteiger partial charge < -0.3 is 10.4 Å². The summed E-state index contributed by atoms with van der Waals surface area (Å²) in [5.74, 6) is -1.55. The number of hydrogen-bond donors (Lipinski definition) is 2. The van der Waals surface area contributed by atoms with E-state index in [1.807, 2.05) is 0 Å². The van der Waals surface area contributed by atoms with E-state index in [4.69, 9.17) is 16.7 Å². The SMILES string of the molecule is O=C(O)c1ccc(NC(=O)c2ccncc2Cl)cn1. The van der Waals surface area contributed by atoms with Gasteiger partial charge in [-0.2, -0.15) is 0 Å². The molecule has 0 aliphatic carbocycles. The summed E-state index contributed by atoms with van der Waals surface area (Å²) >= 11 is 5.84. The van der Waals surface area contributed by atoms with Crippen molar-refractivity contribution in [3.05, 3.63) is 53.1 Å². The third kappa shape index (κ3) is 3.05. The van der Waals surface area contributed by atoms with Crippen molar-refractivity contribution in [2.45, 2.75) is 0 Å². The van der Waals surface area contributed by atoms with Gasteiger partial charge in [-0.15, -0.1) is 0 Å². The van der Waals surface area contributed by atoms with Gasteiger partial charge in [-0.3, -0.25) is 9.78 Å². The number of aromatic nitrogens is 2. The molecule has 0 fully saturated rings. The molecule has 2 aromatic heterocycles. The standard InChI is InChI=1S/C12H8ClN3O3/c13-9-6-14-4-3-8(9)11(17)16-7-1-2-10(12(18)19)15-5-7/h1-6H,(H,16,17)(H,18,19). The molecule has 0 radical (unpaired) electrons. The van der Waals surface area contributed by atoms with Gasteiger partial charge in [0.05, 0.1) is 22.5 Å². The minimum absolute atomic E-state index is 0.0973. The fraction of sp³-hybridized carbons (Fsp3) is 0. The summed E-state index contributed by atoms with van der Waals surface area (Å²) in [5, 5.41) is 11.5. The van der Waals surface area contributed by atoms with Crippen LogP contribution in [0.3, 0.4) is 0 Å². The molecule has 2 aromatic rings. The fourth-order valence-corrected chi connectivity index (χ4v) is 1.56. The molecule has 0 saturated heterocycles. The van der Waals surface area contributed by atoms with E-state index in [1.54, 1.807) is 0 Å². The number of nitrogens with one attached hydrogen (secondary N) is 1. The van der Waals surface area contributed by atoms with E-state index in [2.05, 4.69) is 15.3 Å². The zero-order valence-electron chi connectivity index (χ0n) is 9.50. The van der Waals surface area contributed by atoms with Crippen LogP contribution in [-0.4, -0.2) is 27.0 Å². The number of carboxylic acid groups (broad SMARTS) is 1. The van der Waals surface area contributed by atoms with Crippen molar-refractivity contribution in [1.82, 2.24) is 9.97 Å². The Morgan fingerprint density at radius 1 is 1.21 bits per heavy atom. The number of amides is 1. The van der Waals surface area contributed by atoms with Gasteiger partial charge in [0.2, 0.25) is 0 Å². The number of aromatic carboxylic acids is 1. The highest BCUT2D eigenvalue weighted by atomic mass is 35.5. The molecular weight excluding hydrogens is 270 g/mol. The van der Waals surface area contributed by atoms with Crippen molar-refractivity contribution < 1.29 is 14.7 Å². The first-order valence-corrected chi connectivity index (χ1v) is 5.56. The number of nitrogens with zero attached hydrogens (tertiary/aromatic N) is 2. The third-order valence-corrected chi connectivity index (χ3v) is 2.56. The van der Waals surface area contributed by atoms with Crippen molar-refractivity contribution in [3.8, 4) is 0 Å². The van der Waals surface area contributed by atoms with Crippen LogP contribution in [0, 0.1) is 0 Å². The molecule has 0 atom stereocenters. The van der Waals surface area contributed by atoms with Crippen molar-refractivity contribution in [3.63, 3.8) is 0 Å². The predicted octanol–water partition coefficient (Wildman–Crippen LogP) is 2.08. The second-order valence-corrected chi connectivity index (χ2v) is 3.95. The molecule has 0 bridgehead atoms. The highest BCUT2D eigenvalue weighted by Crippen LogP contribution is 2.15. The van der Waals surface area contributed by atoms with E-state index in [0.717, 1.165) is 0 Å². The van der Waals surface area contributed by atoms with Gasteiger partial charge >= 0.3 is 5.97 Å². The largest absolute Gasteiger partial charge is 0.477 e. The molecule has 19 heavy (non-hydrogen) atoms. The van der Waals surface area contributed by atoms with Crippen LogP contribution in [0.2, 0.25) is 5.02 Å². The lowest BCUT2D eigenvalue weighted by Crippen LogP contribution is -2.13. The number of hydrogen-bond acceptors (Lipinski definition) is 4. The van der Waals surface area contributed by atoms with Gasteiger partial charge in [-0.25, -0.2) is 9.78 Å². The molecule has 0 aliphatic heterocycles. The smallest absolute Gasteiger partial charge is 0.354 e. The Balaban J connectivity index is 2.15. The molecule has 2 rings (SSSR count). The van der Waals surface area contributed by atoms with E-state index in [9.17, 15) is 9.59 Å². The van der Waals surface area contributed by atoms with Crippen LogP contribution in [0.25, 0.3) is 0 Å². The number of carbonyl (C=O) groups is 2. The van der Waals surface area contributed by atoms with Gasteiger partial charge in [0.25, 0.3) is 5.91 Å². The first kappa shape index (κ1) is 13.0. The fourth-order valence-electron chi connectivity index (χ4n) is 1.35. The molecule has 2 N–H and O–H groups in total. The summed E-state index contributed by atoms with van der Waals surface area (Å²) in [6, 6.07) is 4.23. The van der Waals surface area contributed by atoms with Crippen molar-refractivity contribution in [2.24, 2.45) is 0 Å². The maximum atomic E-state index is 11.9.